The van der Waals surface area contributed by atoms with Crippen molar-refractivity contribution in [1.82, 2.24) is 0 Å². The summed E-state index contributed by atoms with van der Waals surface area (Å²) in [6, 6.07) is 10.4. The number of phenols is 1. The fourth-order valence-electron chi connectivity index (χ4n) is 1.86. The van der Waals surface area contributed by atoms with Crippen LogP contribution in [0.2, 0.25) is 0 Å². The zero-order valence-corrected chi connectivity index (χ0v) is 10.9. The number of nitrogens with one attached hydrogen (secondary N) is 1. The van der Waals surface area contributed by atoms with Crippen molar-refractivity contribution in [3.8, 4) is 5.75 Å². The topological polar surface area (TPSA) is 118 Å². The highest BCUT2D eigenvalue weighted by Gasteiger charge is 2.16. The zero-order chi connectivity index (χ0) is 15.4. The number of hydrogen-bond acceptors (Lipinski definition) is 5. The third-order valence-electron chi connectivity index (χ3n) is 2.77. The molecule has 21 heavy (non-hydrogen) atoms. The van der Waals surface area contributed by atoms with Gasteiger partial charge >= 0.3 is 0 Å². The van der Waals surface area contributed by atoms with Crippen molar-refractivity contribution in [3.63, 3.8) is 0 Å². The van der Waals surface area contributed by atoms with Gasteiger partial charge in [0.1, 0.15) is 11.4 Å². The van der Waals surface area contributed by atoms with Crippen molar-refractivity contribution in [1.29, 1.82) is 0 Å². The molecule has 4 N–H and O–H groups in total. The second-order valence-electron chi connectivity index (χ2n) is 4.43. The van der Waals surface area contributed by atoms with Gasteiger partial charge in [0.2, 0.25) is 5.91 Å². The average molecular weight is 287 g/mol. The Hall–Kier alpha value is -3.09. The number of nitro groups is 1. The molecule has 0 spiro atoms. The summed E-state index contributed by atoms with van der Waals surface area (Å²) in [5.41, 5.74) is 6.53. The SMILES string of the molecule is Nc1cccc(CC(=O)Nc2ccc(O)cc2[N+](=O)[O-])c1. The molecule has 2 rings (SSSR count). The number of nitrogens with zero attached hydrogens (tertiary/aromatic N) is 1. The Morgan fingerprint density at radius 3 is 2.71 bits per heavy atom. The van der Waals surface area contributed by atoms with Gasteiger partial charge in [0.05, 0.1) is 17.4 Å². The lowest BCUT2D eigenvalue weighted by Crippen LogP contribution is -2.15. The zero-order valence-electron chi connectivity index (χ0n) is 10.9. The van der Waals surface area contributed by atoms with E-state index >= 15 is 0 Å². The van der Waals surface area contributed by atoms with Crippen LogP contribution in [0.3, 0.4) is 0 Å². The number of anilines is 2. The van der Waals surface area contributed by atoms with Gasteiger partial charge in [-0.15, -0.1) is 0 Å². The molecule has 0 fully saturated rings. The van der Waals surface area contributed by atoms with E-state index in [-0.39, 0.29) is 23.5 Å². The van der Waals surface area contributed by atoms with Crippen LogP contribution in [0.15, 0.2) is 42.5 Å². The Morgan fingerprint density at radius 2 is 2.05 bits per heavy atom. The molecule has 2 aromatic carbocycles. The maximum Gasteiger partial charge on any atom is 0.296 e. The highest BCUT2D eigenvalue weighted by molar-refractivity contribution is 5.94. The molecule has 0 saturated heterocycles. The van der Waals surface area contributed by atoms with Crippen LogP contribution < -0.4 is 11.1 Å². The van der Waals surface area contributed by atoms with E-state index in [1.807, 2.05) is 0 Å². The van der Waals surface area contributed by atoms with Crippen LogP contribution in [0, 0.1) is 10.1 Å². The number of hydrogen-bond donors (Lipinski definition) is 3. The molecule has 0 saturated carbocycles. The Kier molecular flexibility index (Phi) is 4.03. The second kappa shape index (κ2) is 5.91. The van der Waals surface area contributed by atoms with E-state index < -0.39 is 10.8 Å². The maximum absolute atomic E-state index is 11.9. The van der Waals surface area contributed by atoms with Crippen LogP contribution in [0.4, 0.5) is 17.1 Å². The summed E-state index contributed by atoms with van der Waals surface area (Å²) in [6.07, 6.45) is 0.0447. The number of amides is 1. The lowest BCUT2D eigenvalue weighted by Gasteiger charge is -2.07. The minimum Gasteiger partial charge on any atom is -0.508 e. The molecule has 0 bridgehead atoms. The van der Waals surface area contributed by atoms with Gasteiger partial charge in [-0.3, -0.25) is 14.9 Å². The van der Waals surface area contributed by atoms with E-state index in [1.54, 1.807) is 24.3 Å². The normalized spacial score (nSPS) is 10.1. The van der Waals surface area contributed by atoms with E-state index in [1.165, 1.54) is 12.1 Å². The monoisotopic (exact) mass is 287 g/mol. The van der Waals surface area contributed by atoms with Gasteiger partial charge in [-0.2, -0.15) is 0 Å². The predicted molar refractivity (Wildman–Crippen MR) is 77.9 cm³/mol. The Morgan fingerprint density at radius 1 is 1.29 bits per heavy atom. The predicted octanol–water partition coefficient (Wildman–Crippen LogP) is 2.06. The van der Waals surface area contributed by atoms with Crippen molar-refractivity contribution in [2.45, 2.75) is 6.42 Å². The summed E-state index contributed by atoms with van der Waals surface area (Å²) in [5.74, 6) is -0.648. The molecule has 0 unspecified atom stereocenters. The summed E-state index contributed by atoms with van der Waals surface area (Å²) in [4.78, 5) is 22.1. The van der Waals surface area contributed by atoms with Gasteiger partial charge in [0, 0.05) is 5.69 Å². The van der Waals surface area contributed by atoms with Gasteiger partial charge in [0.25, 0.3) is 5.69 Å². The summed E-state index contributed by atoms with van der Waals surface area (Å²) < 4.78 is 0. The fraction of sp³-hybridized carbons (Fsp3) is 0.0714. The molecule has 0 aliphatic heterocycles. The molecule has 0 aliphatic carbocycles. The molecule has 2 aromatic rings. The van der Waals surface area contributed by atoms with Crippen molar-refractivity contribution in [2.75, 3.05) is 11.1 Å². The number of phenolic OH excluding ortho intramolecular Hbond substituents is 1. The quantitative estimate of drug-likeness (QED) is 0.344. The van der Waals surface area contributed by atoms with Crippen molar-refractivity contribution < 1.29 is 14.8 Å². The lowest BCUT2D eigenvalue weighted by molar-refractivity contribution is -0.384. The minimum atomic E-state index is -0.671. The molecule has 7 nitrogen and oxygen atoms in total. The first kappa shape index (κ1) is 14.3. The highest BCUT2D eigenvalue weighted by atomic mass is 16.6. The maximum atomic E-state index is 11.9. The van der Waals surface area contributed by atoms with Gasteiger partial charge < -0.3 is 16.2 Å². The number of carbonyl (C=O) groups excluding carboxylic acids is 1. The molecule has 7 heteroatoms. The van der Waals surface area contributed by atoms with E-state index in [2.05, 4.69) is 5.32 Å². The van der Waals surface area contributed by atoms with Crippen molar-refractivity contribution in [3.05, 3.63) is 58.1 Å². The molecular weight excluding hydrogens is 274 g/mol. The molecule has 0 aliphatic rings. The summed E-state index contributed by atoms with van der Waals surface area (Å²) >= 11 is 0. The minimum absolute atomic E-state index is 0.0340. The van der Waals surface area contributed by atoms with Crippen LogP contribution in [-0.4, -0.2) is 15.9 Å². The standard InChI is InChI=1S/C14H13N3O4/c15-10-3-1-2-9(6-10)7-14(19)16-12-5-4-11(18)8-13(12)17(20)21/h1-6,8,18H,7,15H2,(H,16,19). The Bertz CT molecular complexity index is 700. The second-order valence-corrected chi connectivity index (χ2v) is 4.43. The van der Waals surface area contributed by atoms with Crippen LogP contribution >= 0.6 is 0 Å². The van der Waals surface area contributed by atoms with Gasteiger partial charge in [-0.1, -0.05) is 12.1 Å². The number of rotatable bonds is 4. The average Bonchev–Trinajstić information content (AvgIpc) is 2.40. The van der Waals surface area contributed by atoms with Crippen LogP contribution in [-0.2, 0) is 11.2 Å². The Labute approximate surface area is 120 Å². The van der Waals surface area contributed by atoms with E-state index in [0.29, 0.717) is 11.3 Å². The molecular formula is C14H13N3O4. The fourth-order valence-corrected chi connectivity index (χ4v) is 1.86. The molecule has 0 heterocycles. The van der Waals surface area contributed by atoms with E-state index in [0.717, 1.165) is 6.07 Å². The third-order valence-corrected chi connectivity index (χ3v) is 2.77. The number of nitrogens with two attached hydrogens (primary N) is 1. The van der Waals surface area contributed by atoms with E-state index in [9.17, 15) is 20.0 Å². The lowest BCUT2D eigenvalue weighted by atomic mass is 10.1. The first-order valence-corrected chi connectivity index (χ1v) is 6.07. The molecule has 0 aromatic heterocycles. The van der Waals surface area contributed by atoms with Gasteiger partial charge in [0.15, 0.2) is 0 Å². The highest BCUT2D eigenvalue weighted by Crippen LogP contribution is 2.28. The summed E-state index contributed by atoms with van der Waals surface area (Å²) in [6.45, 7) is 0. The van der Waals surface area contributed by atoms with Crippen LogP contribution in [0.25, 0.3) is 0 Å². The molecule has 108 valence electrons. The largest absolute Gasteiger partial charge is 0.508 e. The molecule has 0 radical (unpaired) electrons. The first-order valence-electron chi connectivity index (χ1n) is 6.07. The van der Waals surface area contributed by atoms with Crippen LogP contribution in [0.5, 0.6) is 5.75 Å². The number of benzene rings is 2. The number of carbonyl (C=O) groups is 1. The number of nitrogen functional groups attached to an aromatic ring is 1. The Balaban J connectivity index is 2.15. The number of nitro benzene ring substituents is 1. The smallest absolute Gasteiger partial charge is 0.296 e. The van der Waals surface area contributed by atoms with Gasteiger partial charge in [-0.25, -0.2) is 0 Å². The third kappa shape index (κ3) is 3.69. The van der Waals surface area contributed by atoms with E-state index in [4.69, 9.17) is 5.73 Å². The number of aromatic hydroxyl groups is 1. The van der Waals surface area contributed by atoms with Crippen molar-refractivity contribution in [2.24, 2.45) is 0 Å². The summed E-state index contributed by atoms with van der Waals surface area (Å²) in [7, 11) is 0. The molecule has 1 amide bonds. The van der Waals surface area contributed by atoms with Gasteiger partial charge in [-0.05, 0) is 29.8 Å². The van der Waals surface area contributed by atoms with Crippen LogP contribution in [0.1, 0.15) is 5.56 Å². The van der Waals surface area contributed by atoms with Crippen molar-refractivity contribution >= 4 is 23.0 Å². The first-order chi connectivity index (χ1) is 9.95. The molecule has 0 atom stereocenters. The summed E-state index contributed by atoms with van der Waals surface area (Å²) in [5, 5.41) is 22.6.